The largest absolute Gasteiger partial charge is 0.247 e. The molecule has 0 aromatic heterocycles. The van der Waals surface area contributed by atoms with Crippen LogP contribution < -0.4 is 0 Å². The lowest BCUT2D eigenvalue weighted by atomic mass is 9.57. The summed E-state index contributed by atoms with van der Waals surface area (Å²) in [6.07, 6.45) is 5.72. The van der Waals surface area contributed by atoms with Gasteiger partial charge in [-0.3, -0.25) is 0 Å². The molecule has 1 saturated carbocycles. The van der Waals surface area contributed by atoms with E-state index in [1.165, 1.54) is 32.1 Å². The molecule has 0 aliphatic heterocycles. The van der Waals surface area contributed by atoms with Crippen LogP contribution in [-0.4, -0.2) is 6.17 Å². The zero-order valence-corrected chi connectivity index (χ0v) is 20.3. The molecule has 9 atom stereocenters. The second-order valence-electron chi connectivity index (χ2n) is 10.9. The van der Waals surface area contributed by atoms with E-state index in [9.17, 15) is 0 Å². The summed E-state index contributed by atoms with van der Waals surface area (Å²) in [6, 6.07) is 0. The van der Waals surface area contributed by atoms with Gasteiger partial charge in [0.25, 0.3) is 0 Å². The van der Waals surface area contributed by atoms with Gasteiger partial charge in [0.2, 0.25) is 0 Å². The Morgan fingerprint density at radius 3 is 1.70 bits per heavy atom. The highest BCUT2D eigenvalue weighted by atomic mass is 19.1. The van der Waals surface area contributed by atoms with Gasteiger partial charge < -0.3 is 0 Å². The second kappa shape index (κ2) is 11.2. The summed E-state index contributed by atoms with van der Waals surface area (Å²) in [5, 5.41) is 0. The van der Waals surface area contributed by atoms with Crippen molar-refractivity contribution in [2.45, 2.75) is 108 Å². The third-order valence-corrected chi connectivity index (χ3v) is 8.55. The molecule has 1 fully saturated rings. The van der Waals surface area contributed by atoms with Gasteiger partial charge in [0.1, 0.15) is 6.17 Å². The topological polar surface area (TPSA) is 0 Å². The van der Waals surface area contributed by atoms with Gasteiger partial charge in [0.05, 0.1) is 0 Å². The van der Waals surface area contributed by atoms with Crippen molar-refractivity contribution in [1.82, 2.24) is 0 Å². The quantitative estimate of drug-likeness (QED) is 0.317. The minimum atomic E-state index is -0.653. The van der Waals surface area contributed by atoms with Gasteiger partial charge in [-0.15, -0.1) is 0 Å². The molecule has 1 aliphatic carbocycles. The number of alkyl halides is 1. The maximum atomic E-state index is 15.4. The van der Waals surface area contributed by atoms with E-state index in [-0.39, 0.29) is 11.8 Å². The van der Waals surface area contributed by atoms with E-state index in [0.717, 1.165) is 11.8 Å². The van der Waals surface area contributed by atoms with Crippen LogP contribution in [0.4, 0.5) is 4.39 Å². The Morgan fingerprint density at radius 1 is 0.778 bits per heavy atom. The van der Waals surface area contributed by atoms with E-state index >= 15 is 4.39 Å². The van der Waals surface area contributed by atoms with Gasteiger partial charge in [-0.25, -0.2) is 4.39 Å². The first-order valence-corrected chi connectivity index (χ1v) is 12.2. The van der Waals surface area contributed by atoms with E-state index in [2.05, 4.69) is 69.2 Å². The molecule has 0 aromatic carbocycles. The molecule has 0 spiro atoms. The zero-order valence-electron chi connectivity index (χ0n) is 20.3. The minimum absolute atomic E-state index is 0.138. The lowest BCUT2D eigenvalue weighted by Gasteiger charge is -2.48. The molecule has 27 heavy (non-hydrogen) atoms. The van der Waals surface area contributed by atoms with E-state index in [4.69, 9.17) is 0 Å². The Kier molecular flexibility index (Phi) is 10.4. The Hall–Kier alpha value is -0.0700. The van der Waals surface area contributed by atoms with Crippen LogP contribution in [0.15, 0.2) is 0 Å². The Morgan fingerprint density at radius 2 is 1.37 bits per heavy atom. The molecule has 9 unspecified atom stereocenters. The maximum Gasteiger partial charge on any atom is 0.106 e. The standard InChI is InChI=1S/C26H51F/c1-11-18(7)15-24(16(3)4)22(12-2)20(9)21(10)25(26(27)17(5)6)23-14-13-19(23)8/h16-26H,11-15H2,1-10H3. The summed E-state index contributed by atoms with van der Waals surface area (Å²) in [5.41, 5.74) is 0. The third kappa shape index (κ3) is 6.20. The molecule has 0 aromatic rings. The number of hydrogen-bond donors (Lipinski definition) is 0. The van der Waals surface area contributed by atoms with Crippen molar-refractivity contribution < 1.29 is 4.39 Å². The minimum Gasteiger partial charge on any atom is -0.247 e. The van der Waals surface area contributed by atoms with Gasteiger partial charge in [-0.05, 0) is 72.0 Å². The van der Waals surface area contributed by atoms with Crippen LogP contribution in [0.3, 0.4) is 0 Å². The van der Waals surface area contributed by atoms with Gasteiger partial charge in [-0.2, -0.15) is 0 Å². The van der Waals surface area contributed by atoms with Crippen LogP contribution in [0.25, 0.3) is 0 Å². The van der Waals surface area contributed by atoms with Crippen LogP contribution in [0, 0.1) is 59.2 Å². The van der Waals surface area contributed by atoms with E-state index in [0.29, 0.717) is 35.5 Å². The van der Waals surface area contributed by atoms with Crippen molar-refractivity contribution in [3.05, 3.63) is 0 Å². The van der Waals surface area contributed by atoms with Crippen LogP contribution in [-0.2, 0) is 0 Å². The SMILES string of the molecule is CCC(C)CC(C(C)C)C(CC)C(C)C(C)C(C(F)C(C)C)C1CCC1C. The van der Waals surface area contributed by atoms with Gasteiger partial charge in [-0.1, -0.05) is 88.5 Å². The molecular formula is C26H51F. The van der Waals surface area contributed by atoms with Gasteiger partial charge >= 0.3 is 0 Å². The molecule has 0 radical (unpaired) electrons. The monoisotopic (exact) mass is 382 g/mol. The zero-order chi connectivity index (χ0) is 20.9. The molecule has 162 valence electrons. The van der Waals surface area contributed by atoms with Crippen LogP contribution in [0.2, 0.25) is 0 Å². The smallest absolute Gasteiger partial charge is 0.106 e. The average Bonchev–Trinajstić information content (AvgIpc) is 2.62. The predicted molar refractivity (Wildman–Crippen MR) is 120 cm³/mol. The first kappa shape index (κ1) is 25.0. The van der Waals surface area contributed by atoms with Crippen LogP contribution >= 0.6 is 0 Å². The normalized spacial score (nSPS) is 28.3. The fraction of sp³-hybridized carbons (Fsp3) is 1.00. The van der Waals surface area contributed by atoms with Gasteiger partial charge in [0, 0.05) is 0 Å². The molecule has 0 saturated heterocycles. The van der Waals surface area contributed by atoms with Crippen molar-refractivity contribution in [2.75, 3.05) is 0 Å². The third-order valence-electron chi connectivity index (χ3n) is 8.55. The Balaban J connectivity index is 3.05. The molecule has 1 aliphatic rings. The number of hydrogen-bond acceptors (Lipinski definition) is 0. The van der Waals surface area contributed by atoms with E-state index < -0.39 is 6.17 Å². The summed E-state index contributed by atoms with van der Waals surface area (Å²) in [7, 11) is 0. The first-order chi connectivity index (χ1) is 12.6. The van der Waals surface area contributed by atoms with Crippen LogP contribution in [0.5, 0.6) is 0 Å². The summed E-state index contributed by atoms with van der Waals surface area (Å²) in [4.78, 5) is 0. The molecule has 0 nitrogen and oxygen atoms in total. The van der Waals surface area contributed by atoms with Crippen molar-refractivity contribution in [2.24, 2.45) is 59.2 Å². The van der Waals surface area contributed by atoms with Crippen LogP contribution in [0.1, 0.15) is 101 Å². The molecule has 1 rings (SSSR count). The maximum absolute atomic E-state index is 15.4. The molecular weight excluding hydrogens is 331 g/mol. The van der Waals surface area contributed by atoms with Crippen molar-refractivity contribution >= 4 is 0 Å². The summed E-state index contributed by atoms with van der Waals surface area (Å²) >= 11 is 0. The fourth-order valence-corrected chi connectivity index (χ4v) is 6.00. The highest BCUT2D eigenvalue weighted by Crippen LogP contribution is 2.50. The number of rotatable bonds is 12. The predicted octanol–water partition coefficient (Wildman–Crippen LogP) is 8.65. The average molecular weight is 383 g/mol. The second-order valence-corrected chi connectivity index (χ2v) is 10.9. The summed E-state index contributed by atoms with van der Waals surface area (Å²) in [5.74, 6) is 5.75. The highest BCUT2D eigenvalue weighted by molar-refractivity contribution is 4.93. The van der Waals surface area contributed by atoms with Crippen molar-refractivity contribution in [3.8, 4) is 0 Å². The Labute approximate surface area is 171 Å². The molecule has 0 amide bonds. The van der Waals surface area contributed by atoms with Crippen molar-refractivity contribution in [3.63, 3.8) is 0 Å². The molecule has 1 heteroatoms. The molecule has 0 N–H and O–H groups in total. The lowest BCUT2D eigenvalue weighted by molar-refractivity contribution is -0.0271. The first-order valence-electron chi connectivity index (χ1n) is 12.2. The molecule has 0 heterocycles. The summed E-state index contributed by atoms with van der Waals surface area (Å²) in [6.45, 7) is 23.3. The summed E-state index contributed by atoms with van der Waals surface area (Å²) < 4.78 is 15.4. The highest BCUT2D eigenvalue weighted by Gasteiger charge is 2.45. The Bertz CT molecular complexity index is 394. The lowest BCUT2D eigenvalue weighted by Crippen LogP contribution is -2.44. The van der Waals surface area contributed by atoms with E-state index in [1.807, 2.05) is 0 Å². The van der Waals surface area contributed by atoms with E-state index in [1.54, 1.807) is 0 Å². The van der Waals surface area contributed by atoms with Crippen molar-refractivity contribution in [1.29, 1.82) is 0 Å². The van der Waals surface area contributed by atoms with Gasteiger partial charge in [0.15, 0.2) is 0 Å². The fourth-order valence-electron chi connectivity index (χ4n) is 6.00. The number of halogens is 1. The molecule has 0 bridgehead atoms.